The minimum absolute atomic E-state index is 0. The van der Waals surface area contributed by atoms with E-state index in [0.29, 0.717) is 0 Å². The van der Waals surface area contributed by atoms with Crippen LogP contribution in [0.4, 0.5) is 0 Å². The van der Waals surface area contributed by atoms with E-state index in [9.17, 15) is 13.0 Å². The normalized spacial score (nSPS) is 14.9. The number of hydrogen-bond donors (Lipinski definition) is 1. The van der Waals surface area contributed by atoms with Crippen LogP contribution in [-0.4, -0.2) is 42.6 Å². The maximum atomic E-state index is 10.5. The van der Waals surface area contributed by atoms with E-state index in [1.807, 2.05) is 6.92 Å². The van der Waals surface area contributed by atoms with Gasteiger partial charge >= 0.3 is 29.6 Å². The third kappa shape index (κ3) is 13.3. The Labute approximate surface area is 132 Å². The molecular formula is C11H23NaO5S. The summed E-state index contributed by atoms with van der Waals surface area (Å²) in [7, 11) is -4.35. The Hall–Kier alpha value is 0.830. The molecule has 0 bridgehead atoms. The van der Waals surface area contributed by atoms with Crippen LogP contribution >= 0.6 is 0 Å². The summed E-state index contributed by atoms with van der Waals surface area (Å²) in [5.41, 5.74) is 0. The summed E-state index contributed by atoms with van der Waals surface area (Å²) in [6.45, 7) is 3.51. The predicted molar refractivity (Wildman–Crippen MR) is 64.7 cm³/mol. The minimum atomic E-state index is -4.35. The number of aliphatic hydroxyl groups is 1. The van der Waals surface area contributed by atoms with E-state index >= 15 is 0 Å². The molecule has 0 aliphatic heterocycles. The number of ether oxygens (including phenoxy) is 1. The van der Waals surface area contributed by atoms with Crippen LogP contribution < -0.4 is 29.6 Å². The van der Waals surface area contributed by atoms with Crippen LogP contribution in [0, 0.1) is 0 Å². The average Bonchev–Trinajstić information content (AvgIpc) is 2.21. The Morgan fingerprint density at radius 1 is 1.28 bits per heavy atom. The summed E-state index contributed by atoms with van der Waals surface area (Å²) in [6.07, 6.45) is 4.23. The van der Waals surface area contributed by atoms with E-state index in [1.54, 1.807) is 0 Å². The molecule has 104 valence electrons. The molecule has 0 saturated carbocycles. The van der Waals surface area contributed by atoms with E-state index < -0.39 is 28.6 Å². The summed E-state index contributed by atoms with van der Waals surface area (Å²) >= 11 is 0. The van der Waals surface area contributed by atoms with E-state index in [4.69, 9.17) is 9.84 Å². The van der Waals surface area contributed by atoms with Crippen molar-refractivity contribution in [3.8, 4) is 0 Å². The van der Waals surface area contributed by atoms with Gasteiger partial charge < -0.3 is 14.4 Å². The molecular weight excluding hydrogens is 267 g/mol. The first-order valence-corrected chi connectivity index (χ1v) is 7.66. The number of rotatable bonds is 10. The van der Waals surface area contributed by atoms with Gasteiger partial charge in [-0.3, -0.25) is 0 Å². The molecule has 0 heterocycles. The van der Waals surface area contributed by atoms with Gasteiger partial charge in [0.2, 0.25) is 0 Å². The Kier molecular flexibility index (Phi) is 13.7. The van der Waals surface area contributed by atoms with Crippen molar-refractivity contribution >= 4 is 10.1 Å². The standard InChI is InChI=1S/C11H24O5S.Na/c1-3-4-5-6-7-10(2)16-11(8-12)9-17(13,14)15;/h10-12H,3-9H2,1-2H3,(H,13,14,15);/q;+1/p-1. The summed E-state index contributed by atoms with van der Waals surface area (Å²) in [5, 5.41) is 8.92. The summed E-state index contributed by atoms with van der Waals surface area (Å²) < 4.78 is 36.9. The topological polar surface area (TPSA) is 86.7 Å². The SMILES string of the molecule is CCCCCCC(C)OC(CO)CS(=O)(=O)[O-].[Na+]. The Balaban J connectivity index is 0. The van der Waals surface area contributed by atoms with Gasteiger partial charge in [0, 0.05) is 0 Å². The number of unbranched alkanes of at least 4 members (excludes halogenated alkanes) is 3. The van der Waals surface area contributed by atoms with Crippen molar-refractivity contribution in [2.75, 3.05) is 12.4 Å². The quantitative estimate of drug-likeness (QED) is 0.294. The third-order valence-corrected chi connectivity index (χ3v) is 3.26. The van der Waals surface area contributed by atoms with Crippen molar-refractivity contribution < 1.29 is 52.4 Å². The monoisotopic (exact) mass is 290 g/mol. The van der Waals surface area contributed by atoms with Crippen LogP contribution in [0.5, 0.6) is 0 Å². The summed E-state index contributed by atoms with van der Waals surface area (Å²) in [4.78, 5) is 0. The van der Waals surface area contributed by atoms with Crippen molar-refractivity contribution in [2.24, 2.45) is 0 Å². The van der Waals surface area contributed by atoms with Crippen LogP contribution in [-0.2, 0) is 14.9 Å². The molecule has 0 amide bonds. The molecule has 0 aromatic carbocycles. The van der Waals surface area contributed by atoms with Gasteiger partial charge in [-0.1, -0.05) is 32.6 Å². The molecule has 0 saturated heterocycles. The average molecular weight is 290 g/mol. The second-order valence-corrected chi connectivity index (χ2v) is 5.77. The first-order chi connectivity index (χ1) is 7.89. The molecule has 2 unspecified atom stereocenters. The second kappa shape index (κ2) is 11.6. The summed E-state index contributed by atoms with van der Waals surface area (Å²) in [5.74, 6) is -0.664. The van der Waals surface area contributed by atoms with Gasteiger partial charge in [0.05, 0.1) is 34.7 Å². The van der Waals surface area contributed by atoms with E-state index in [1.165, 1.54) is 6.42 Å². The Bertz CT molecular complexity index is 281. The zero-order valence-electron chi connectivity index (χ0n) is 11.6. The van der Waals surface area contributed by atoms with Gasteiger partial charge in [-0.15, -0.1) is 0 Å². The Morgan fingerprint density at radius 3 is 2.33 bits per heavy atom. The fourth-order valence-corrected chi connectivity index (χ4v) is 2.26. The largest absolute Gasteiger partial charge is 1.00 e. The first-order valence-electron chi connectivity index (χ1n) is 6.09. The molecule has 18 heavy (non-hydrogen) atoms. The maximum absolute atomic E-state index is 10.5. The molecule has 0 aromatic rings. The van der Waals surface area contributed by atoms with Gasteiger partial charge in [0.15, 0.2) is 0 Å². The molecule has 0 aromatic heterocycles. The van der Waals surface area contributed by atoms with Gasteiger partial charge in [-0.2, -0.15) is 0 Å². The third-order valence-electron chi connectivity index (χ3n) is 2.48. The van der Waals surface area contributed by atoms with Gasteiger partial charge in [0.1, 0.15) is 0 Å². The molecule has 7 heteroatoms. The van der Waals surface area contributed by atoms with Gasteiger partial charge in [0.25, 0.3) is 0 Å². The number of hydrogen-bond acceptors (Lipinski definition) is 5. The zero-order valence-corrected chi connectivity index (χ0v) is 14.4. The van der Waals surface area contributed by atoms with E-state index in [0.717, 1.165) is 25.7 Å². The molecule has 0 spiro atoms. The van der Waals surface area contributed by atoms with E-state index in [2.05, 4.69) is 6.92 Å². The maximum Gasteiger partial charge on any atom is 1.00 e. The van der Waals surface area contributed by atoms with Crippen molar-refractivity contribution in [3.05, 3.63) is 0 Å². The van der Waals surface area contributed by atoms with Crippen molar-refractivity contribution in [2.45, 2.75) is 58.2 Å². The van der Waals surface area contributed by atoms with Gasteiger partial charge in [-0.25, -0.2) is 8.42 Å². The fraction of sp³-hybridized carbons (Fsp3) is 1.00. The smallest absolute Gasteiger partial charge is 0.748 e. The van der Waals surface area contributed by atoms with Crippen molar-refractivity contribution in [1.29, 1.82) is 0 Å². The zero-order chi connectivity index (χ0) is 13.3. The van der Waals surface area contributed by atoms with Crippen LogP contribution in [0.15, 0.2) is 0 Å². The molecule has 0 fully saturated rings. The van der Waals surface area contributed by atoms with Crippen LogP contribution in [0.1, 0.15) is 46.0 Å². The van der Waals surface area contributed by atoms with E-state index in [-0.39, 0.29) is 35.7 Å². The molecule has 2 atom stereocenters. The van der Waals surface area contributed by atoms with Crippen molar-refractivity contribution in [1.82, 2.24) is 0 Å². The minimum Gasteiger partial charge on any atom is -0.748 e. The Morgan fingerprint density at radius 2 is 1.89 bits per heavy atom. The second-order valence-electron chi connectivity index (χ2n) is 4.32. The van der Waals surface area contributed by atoms with Crippen molar-refractivity contribution in [3.63, 3.8) is 0 Å². The van der Waals surface area contributed by atoms with Crippen LogP contribution in [0.2, 0.25) is 0 Å². The van der Waals surface area contributed by atoms with Crippen LogP contribution in [0.3, 0.4) is 0 Å². The molecule has 1 N–H and O–H groups in total. The molecule has 0 aliphatic carbocycles. The molecule has 5 nitrogen and oxygen atoms in total. The van der Waals surface area contributed by atoms with Crippen LogP contribution in [0.25, 0.3) is 0 Å². The van der Waals surface area contributed by atoms with Gasteiger partial charge in [-0.05, 0) is 13.3 Å². The summed E-state index contributed by atoms with van der Waals surface area (Å²) in [6, 6.07) is 0. The first kappa shape index (κ1) is 21.1. The fourth-order valence-electron chi connectivity index (χ4n) is 1.62. The molecule has 0 radical (unpaired) electrons. The number of aliphatic hydroxyl groups excluding tert-OH is 1. The predicted octanol–water partition coefficient (Wildman–Crippen LogP) is -1.73. The molecule has 0 rings (SSSR count). The molecule has 0 aliphatic rings.